The highest BCUT2D eigenvalue weighted by molar-refractivity contribution is 5.76. The van der Waals surface area contributed by atoms with E-state index < -0.39 is 0 Å². The molecule has 2 aliphatic rings. The van der Waals surface area contributed by atoms with Gasteiger partial charge in [0, 0.05) is 0 Å². The van der Waals surface area contributed by atoms with Crippen LogP contribution < -0.4 is 5.32 Å². The lowest BCUT2D eigenvalue weighted by molar-refractivity contribution is -0.145. The van der Waals surface area contributed by atoms with Crippen molar-refractivity contribution < 1.29 is 9.53 Å². The van der Waals surface area contributed by atoms with Crippen LogP contribution in [0.3, 0.4) is 0 Å². The van der Waals surface area contributed by atoms with Crippen LogP contribution in [-0.4, -0.2) is 25.7 Å². The number of esters is 1. The summed E-state index contributed by atoms with van der Waals surface area (Å²) in [6.45, 7) is 4.39. The molecule has 1 aliphatic carbocycles. The largest absolute Gasteiger partial charge is 0.466 e. The van der Waals surface area contributed by atoms with Gasteiger partial charge in [-0.2, -0.15) is 0 Å². The average molecular weight is 155 g/mol. The second-order valence-electron chi connectivity index (χ2n) is 3.26. The highest BCUT2D eigenvalue weighted by atomic mass is 16.5. The molecule has 1 aliphatic heterocycles. The first kappa shape index (κ1) is 7.10. The summed E-state index contributed by atoms with van der Waals surface area (Å²) in [6, 6.07) is 0. The second kappa shape index (κ2) is 2.48. The lowest BCUT2D eigenvalue weighted by atomic mass is 10.3. The van der Waals surface area contributed by atoms with E-state index in [1.54, 1.807) is 0 Å². The summed E-state index contributed by atoms with van der Waals surface area (Å²) in [5.41, 5.74) is 0. The molecule has 0 unspecified atom stereocenters. The molecule has 11 heavy (non-hydrogen) atoms. The Balaban J connectivity index is 1.85. The molecular weight excluding hydrogens is 142 g/mol. The summed E-state index contributed by atoms with van der Waals surface area (Å²) < 4.78 is 4.94. The fraction of sp³-hybridized carbons (Fsp3) is 0.875. The van der Waals surface area contributed by atoms with Crippen LogP contribution >= 0.6 is 0 Å². The Bertz CT molecular complexity index is 171. The molecule has 1 saturated heterocycles. The van der Waals surface area contributed by atoms with E-state index in [4.69, 9.17) is 4.74 Å². The Morgan fingerprint density at radius 1 is 1.55 bits per heavy atom. The number of nitrogens with one attached hydrogen (secondary N) is 1. The summed E-state index contributed by atoms with van der Waals surface area (Å²) in [5.74, 6) is 1.43. The normalized spacial score (nSPS) is 39.9. The van der Waals surface area contributed by atoms with E-state index >= 15 is 0 Å². The first-order chi connectivity index (χ1) is 5.34. The molecule has 1 saturated carbocycles. The van der Waals surface area contributed by atoms with Gasteiger partial charge in [0.15, 0.2) is 0 Å². The van der Waals surface area contributed by atoms with Crippen molar-refractivity contribution in [3.05, 3.63) is 0 Å². The fourth-order valence-corrected chi connectivity index (χ4v) is 2.01. The fourth-order valence-electron chi connectivity index (χ4n) is 2.01. The minimum Gasteiger partial charge on any atom is -0.466 e. The van der Waals surface area contributed by atoms with Crippen LogP contribution in [0.4, 0.5) is 0 Å². The molecule has 0 spiro atoms. The lowest BCUT2D eigenvalue weighted by Crippen LogP contribution is -2.20. The minimum absolute atomic E-state index is 0.0176. The zero-order chi connectivity index (χ0) is 7.84. The topological polar surface area (TPSA) is 38.3 Å². The number of piperidine rings is 1. The maximum atomic E-state index is 11.2. The predicted molar refractivity (Wildman–Crippen MR) is 40.0 cm³/mol. The smallest absolute Gasteiger partial charge is 0.309 e. The first-order valence-electron chi connectivity index (χ1n) is 4.22. The molecule has 3 atom stereocenters. The maximum absolute atomic E-state index is 11.2. The van der Waals surface area contributed by atoms with E-state index in [1.165, 1.54) is 0 Å². The van der Waals surface area contributed by atoms with Crippen molar-refractivity contribution in [3.63, 3.8) is 0 Å². The third kappa shape index (κ3) is 1.03. The van der Waals surface area contributed by atoms with Gasteiger partial charge in [-0.15, -0.1) is 0 Å². The van der Waals surface area contributed by atoms with Crippen LogP contribution in [-0.2, 0) is 9.53 Å². The zero-order valence-corrected chi connectivity index (χ0v) is 6.67. The van der Waals surface area contributed by atoms with Gasteiger partial charge in [0.05, 0.1) is 12.5 Å². The van der Waals surface area contributed by atoms with Crippen molar-refractivity contribution >= 4 is 5.97 Å². The van der Waals surface area contributed by atoms with Gasteiger partial charge >= 0.3 is 5.97 Å². The quantitative estimate of drug-likeness (QED) is 0.571. The lowest BCUT2D eigenvalue weighted by Gasteiger charge is -2.03. The van der Waals surface area contributed by atoms with Crippen LogP contribution in [0.5, 0.6) is 0 Å². The summed E-state index contributed by atoms with van der Waals surface area (Å²) >= 11 is 0. The molecule has 3 heteroatoms. The van der Waals surface area contributed by atoms with Gasteiger partial charge < -0.3 is 10.1 Å². The van der Waals surface area contributed by atoms with Gasteiger partial charge in [-0.1, -0.05) is 0 Å². The summed E-state index contributed by atoms with van der Waals surface area (Å²) in [5, 5.41) is 3.24. The molecule has 0 amide bonds. The van der Waals surface area contributed by atoms with Crippen LogP contribution in [0.2, 0.25) is 0 Å². The molecule has 2 rings (SSSR count). The number of rotatable bonds is 2. The van der Waals surface area contributed by atoms with Gasteiger partial charge in [0.25, 0.3) is 0 Å². The van der Waals surface area contributed by atoms with Crippen molar-refractivity contribution in [1.29, 1.82) is 0 Å². The molecular formula is C8H13NO2. The van der Waals surface area contributed by atoms with Crippen LogP contribution in [0, 0.1) is 17.8 Å². The summed E-state index contributed by atoms with van der Waals surface area (Å²) in [6.07, 6.45) is 0. The molecule has 0 aromatic carbocycles. The first-order valence-corrected chi connectivity index (χ1v) is 4.22. The second-order valence-corrected chi connectivity index (χ2v) is 3.26. The van der Waals surface area contributed by atoms with Crippen molar-refractivity contribution in [2.75, 3.05) is 19.7 Å². The van der Waals surface area contributed by atoms with Crippen molar-refractivity contribution in [2.45, 2.75) is 6.92 Å². The molecule has 0 radical (unpaired) electrons. The Hall–Kier alpha value is -0.570. The maximum Gasteiger partial charge on any atom is 0.309 e. The van der Waals surface area contributed by atoms with Gasteiger partial charge in [-0.05, 0) is 31.8 Å². The van der Waals surface area contributed by atoms with E-state index in [-0.39, 0.29) is 11.9 Å². The molecule has 2 fully saturated rings. The Kier molecular flexibility index (Phi) is 1.60. The number of ether oxygens (including phenoxy) is 1. The van der Waals surface area contributed by atoms with E-state index in [0.717, 1.165) is 13.1 Å². The van der Waals surface area contributed by atoms with Crippen LogP contribution in [0.25, 0.3) is 0 Å². The van der Waals surface area contributed by atoms with E-state index in [1.807, 2.05) is 6.92 Å². The highest BCUT2D eigenvalue weighted by Crippen LogP contribution is 2.49. The molecule has 3 nitrogen and oxygen atoms in total. The standard InChI is InChI=1S/C8H13NO2/c1-2-11-8(10)7-5-3-9-4-6(5)7/h5-7,9H,2-4H2,1H3/t5-,6+,7+. The van der Waals surface area contributed by atoms with Gasteiger partial charge in [0.2, 0.25) is 0 Å². The predicted octanol–water partition coefficient (Wildman–Crippen LogP) is 0.0149. The molecule has 62 valence electrons. The van der Waals surface area contributed by atoms with E-state index in [9.17, 15) is 4.79 Å². The summed E-state index contributed by atoms with van der Waals surface area (Å²) in [4.78, 5) is 11.2. The van der Waals surface area contributed by atoms with Crippen molar-refractivity contribution in [3.8, 4) is 0 Å². The van der Waals surface area contributed by atoms with Gasteiger partial charge in [0.1, 0.15) is 0 Å². The molecule has 0 aromatic heterocycles. The minimum atomic E-state index is 0.0176. The Labute approximate surface area is 66.1 Å². The number of carbonyl (C=O) groups excluding carboxylic acids is 1. The number of fused-ring (bicyclic) bond motifs is 1. The van der Waals surface area contributed by atoms with Crippen molar-refractivity contribution in [2.24, 2.45) is 17.8 Å². The Morgan fingerprint density at radius 3 is 2.73 bits per heavy atom. The zero-order valence-electron chi connectivity index (χ0n) is 6.67. The molecule has 1 heterocycles. The molecule has 0 bridgehead atoms. The SMILES string of the molecule is CCOC(=O)[C@H]1[C@@H]2CNC[C@@H]21. The van der Waals surface area contributed by atoms with E-state index in [0.29, 0.717) is 18.4 Å². The average Bonchev–Trinajstić information content (AvgIpc) is 2.47. The van der Waals surface area contributed by atoms with Gasteiger partial charge in [-0.3, -0.25) is 4.79 Å². The van der Waals surface area contributed by atoms with Crippen LogP contribution in [0.1, 0.15) is 6.92 Å². The van der Waals surface area contributed by atoms with Crippen LogP contribution in [0.15, 0.2) is 0 Å². The molecule has 0 aromatic rings. The summed E-state index contributed by atoms with van der Waals surface area (Å²) in [7, 11) is 0. The number of hydrogen-bond donors (Lipinski definition) is 1. The third-order valence-corrected chi connectivity index (χ3v) is 2.65. The third-order valence-electron chi connectivity index (χ3n) is 2.65. The number of hydrogen-bond acceptors (Lipinski definition) is 3. The monoisotopic (exact) mass is 155 g/mol. The van der Waals surface area contributed by atoms with E-state index in [2.05, 4.69) is 5.32 Å². The van der Waals surface area contributed by atoms with Crippen molar-refractivity contribution in [1.82, 2.24) is 5.32 Å². The Morgan fingerprint density at radius 2 is 2.18 bits per heavy atom. The highest BCUT2D eigenvalue weighted by Gasteiger charge is 2.57. The van der Waals surface area contributed by atoms with Gasteiger partial charge in [-0.25, -0.2) is 0 Å². The number of carbonyl (C=O) groups is 1. The molecule has 1 N–H and O–H groups in total.